The van der Waals surface area contributed by atoms with Gasteiger partial charge >= 0.3 is 5.97 Å². The number of fused-ring (bicyclic) bond motifs is 1. The Bertz CT molecular complexity index is 310. The van der Waals surface area contributed by atoms with Crippen LogP contribution in [0, 0.1) is 0 Å². The molecule has 0 fully saturated rings. The minimum atomic E-state index is -0.120. The van der Waals surface area contributed by atoms with Crippen LogP contribution in [-0.2, 0) is 9.53 Å². The fourth-order valence-electron chi connectivity index (χ4n) is 2.05. The first-order valence-corrected chi connectivity index (χ1v) is 5.47. The van der Waals surface area contributed by atoms with Crippen LogP contribution < -0.4 is 0 Å². The zero-order valence-electron chi connectivity index (χ0n) is 8.64. The van der Waals surface area contributed by atoms with Crippen LogP contribution in [0.1, 0.15) is 45.4 Å². The van der Waals surface area contributed by atoms with Crippen LogP contribution in [-0.4, -0.2) is 5.97 Å². The van der Waals surface area contributed by atoms with Gasteiger partial charge in [0.15, 0.2) is 0 Å². The summed E-state index contributed by atoms with van der Waals surface area (Å²) in [6.07, 6.45) is 8.42. The van der Waals surface area contributed by atoms with Crippen molar-refractivity contribution in [1.29, 1.82) is 0 Å². The Hall–Kier alpha value is -1.05. The fraction of sp³-hybridized carbons (Fsp3) is 0.583. The molecular weight excluding hydrogens is 176 g/mol. The molecule has 76 valence electrons. The number of allylic oxidation sites excluding steroid dienone is 2. The van der Waals surface area contributed by atoms with E-state index in [0.29, 0.717) is 0 Å². The number of cyclic esters (lactones) is 1. The third-order valence-corrected chi connectivity index (χ3v) is 2.83. The zero-order valence-corrected chi connectivity index (χ0v) is 8.64. The van der Waals surface area contributed by atoms with E-state index in [4.69, 9.17) is 4.74 Å². The van der Waals surface area contributed by atoms with Gasteiger partial charge in [0, 0.05) is 12.0 Å². The van der Waals surface area contributed by atoms with Gasteiger partial charge in [0.1, 0.15) is 5.76 Å². The van der Waals surface area contributed by atoms with Gasteiger partial charge in [-0.25, -0.2) is 4.79 Å². The number of hydrogen-bond acceptors (Lipinski definition) is 2. The Morgan fingerprint density at radius 1 is 1.50 bits per heavy atom. The van der Waals surface area contributed by atoms with Crippen LogP contribution in [0.5, 0.6) is 0 Å². The van der Waals surface area contributed by atoms with Crippen LogP contribution in [0.2, 0.25) is 0 Å². The number of unbranched alkanes of at least 4 members (excludes halogenated alkanes) is 1. The molecule has 0 aromatic rings. The lowest BCUT2D eigenvalue weighted by molar-refractivity contribution is -0.133. The molecule has 0 radical (unpaired) electrons. The maximum absolute atomic E-state index is 11.4. The second kappa shape index (κ2) is 3.99. The molecule has 0 bridgehead atoms. The second-order valence-electron chi connectivity index (χ2n) is 3.90. The lowest BCUT2D eigenvalue weighted by Crippen LogP contribution is -2.01. The molecule has 0 aromatic heterocycles. The van der Waals surface area contributed by atoms with Crippen LogP contribution in [0.15, 0.2) is 23.0 Å². The molecule has 0 saturated heterocycles. The molecule has 1 aliphatic heterocycles. The largest absolute Gasteiger partial charge is 0.427 e. The molecule has 0 aromatic carbocycles. The minimum Gasteiger partial charge on any atom is -0.427 e. The molecule has 2 nitrogen and oxygen atoms in total. The summed E-state index contributed by atoms with van der Waals surface area (Å²) in [7, 11) is 0. The number of rotatable bonds is 3. The lowest BCUT2D eigenvalue weighted by atomic mass is 9.93. The van der Waals surface area contributed by atoms with Gasteiger partial charge in [-0.3, -0.25) is 0 Å². The van der Waals surface area contributed by atoms with E-state index in [1.165, 1.54) is 5.57 Å². The predicted octanol–water partition coefficient (Wildman–Crippen LogP) is 3.10. The number of carbonyl (C=O) groups excluding carboxylic acids is 1. The maximum atomic E-state index is 11.4. The van der Waals surface area contributed by atoms with Crippen molar-refractivity contribution < 1.29 is 9.53 Å². The van der Waals surface area contributed by atoms with Gasteiger partial charge < -0.3 is 4.74 Å². The van der Waals surface area contributed by atoms with Crippen molar-refractivity contribution in [3.05, 3.63) is 23.0 Å². The van der Waals surface area contributed by atoms with Gasteiger partial charge in [0.25, 0.3) is 0 Å². The highest BCUT2D eigenvalue weighted by atomic mass is 16.5. The van der Waals surface area contributed by atoms with Crippen molar-refractivity contribution in [2.45, 2.75) is 45.4 Å². The van der Waals surface area contributed by atoms with Crippen LogP contribution >= 0.6 is 0 Å². The Morgan fingerprint density at radius 3 is 3.14 bits per heavy atom. The lowest BCUT2D eigenvalue weighted by Gasteiger charge is -2.08. The number of hydrogen-bond donors (Lipinski definition) is 0. The van der Waals surface area contributed by atoms with Gasteiger partial charge in [-0.2, -0.15) is 0 Å². The highest BCUT2D eigenvalue weighted by Gasteiger charge is 2.30. The predicted molar refractivity (Wildman–Crippen MR) is 54.6 cm³/mol. The first-order chi connectivity index (χ1) is 6.83. The summed E-state index contributed by atoms with van der Waals surface area (Å²) in [5, 5.41) is 0. The molecule has 0 unspecified atom stereocenters. The normalized spacial score (nSPS) is 20.6. The molecule has 0 spiro atoms. The van der Waals surface area contributed by atoms with Crippen LogP contribution in [0.3, 0.4) is 0 Å². The molecule has 1 heterocycles. The number of esters is 1. The van der Waals surface area contributed by atoms with Crippen LogP contribution in [0.25, 0.3) is 0 Å². The van der Waals surface area contributed by atoms with Crippen molar-refractivity contribution >= 4 is 5.97 Å². The average Bonchev–Trinajstić information content (AvgIpc) is 2.54. The Labute approximate surface area is 84.6 Å². The Balaban J connectivity index is 2.19. The van der Waals surface area contributed by atoms with Crippen molar-refractivity contribution in [1.82, 2.24) is 0 Å². The highest BCUT2D eigenvalue weighted by molar-refractivity contribution is 5.97. The molecule has 2 heteroatoms. The van der Waals surface area contributed by atoms with Crippen molar-refractivity contribution in [2.24, 2.45) is 0 Å². The monoisotopic (exact) mass is 192 g/mol. The van der Waals surface area contributed by atoms with Crippen molar-refractivity contribution in [3.8, 4) is 0 Å². The average molecular weight is 192 g/mol. The first-order valence-electron chi connectivity index (χ1n) is 5.47. The standard InChI is InChI=1S/C12H16O2/c1-2-3-8-11-9-6-4-5-7-10(9)12(13)14-11/h7H,2-6,8H2,1H3. The smallest absolute Gasteiger partial charge is 0.343 e. The van der Waals surface area contributed by atoms with Gasteiger partial charge in [0.2, 0.25) is 0 Å². The molecule has 1 aliphatic carbocycles. The molecule has 2 aliphatic rings. The minimum absolute atomic E-state index is 0.120. The molecule has 0 N–H and O–H groups in total. The Morgan fingerprint density at radius 2 is 2.36 bits per heavy atom. The molecular formula is C12H16O2. The summed E-state index contributed by atoms with van der Waals surface area (Å²) in [4.78, 5) is 11.4. The molecule has 0 saturated carbocycles. The highest BCUT2D eigenvalue weighted by Crippen LogP contribution is 2.35. The van der Waals surface area contributed by atoms with Gasteiger partial charge in [-0.1, -0.05) is 19.4 Å². The molecule has 0 amide bonds. The van der Waals surface area contributed by atoms with E-state index in [1.54, 1.807) is 0 Å². The van der Waals surface area contributed by atoms with E-state index in [2.05, 4.69) is 6.92 Å². The van der Waals surface area contributed by atoms with E-state index < -0.39 is 0 Å². The fourth-order valence-corrected chi connectivity index (χ4v) is 2.05. The van der Waals surface area contributed by atoms with Crippen molar-refractivity contribution in [3.63, 3.8) is 0 Å². The van der Waals surface area contributed by atoms with E-state index in [1.807, 2.05) is 6.08 Å². The van der Waals surface area contributed by atoms with Gasteiger partial charge in [0.05, 0.1) is 5.57 Å². The van der Waals surface area contributed by atoms with Crippen molar-refractivity contribution in [2.75, 3.05) is 0 Å². The third kappa shape index (κ3) is 1.61. The van der Waals surface area contributed by atoms with Gasteiger partial charge in [-0.05, 0) is 25.7 Å². The molecule has 14 heavy (non-hydrogen) atoms. The van der Waals surface area contributed by atoms with E-state index in [9.17, 15) is 4.79 Å². The topological polar surface area (TPSA) is 26.3 Å². The quantitative estimate of drug-likeness (QED) is 0.642. The summed E-state index contributed by atoms with van der Waals surface area (Å²) < 4.78 is 5.28. The zero-order chi connectivity index (χ0) is 9.97. The third-order valence-electron chi connectivity index (χ3n) is 2.83. The number of carbonyl (C=O) groups is 1. The summed E-state index contributed by atoms with van der Waals surface area (Å²) in [5.41, 5.74) is 2.04. The van der Waals surface area contributed by atoms with E-state index in [-0.39, 0.29) is 5.97 Å². The maximum Gasteiger partial charge on any atom is 0.343 e. The van der Waals surface area contributed by atoms with E-state index in [0.717, 1.165) is 49.9 Å². The second-order valence-corrected chi connectivity index (χ2v) is 3.90. The van der Waals surface area contributed by atoms with E-state index >= 15 is 0 Å². The van der Waals surface area contributed by atoms with Gasteiger partial charge in [-0.15, -0.1) is 0 Å². The Kier molecular flexibility index (Phi) is 2.71. The summed E-state index contributed by atoms with van der Waals surface area (Å²) >= 11 is 0. The first kappa shape index (κ1) is 9.50. The summed E-state index contributed by atoms with van der Waals surface area (Å²) in [5.74, 6) is 0.827. The summed E-state index contributed by atoms with van der Waals surface area (Å²) in [6.45, 7) is 2.15. The number of ether oxygens (including phenoxy) is 1. The SMILES string of the molecule is CCCCC1=C2CCCC=C2C(=O)O1. The molecule has 0 atom stereocenters. The van der Waals surface area contributed by atoms with Crippen LogP contribution in [0.4, 0.5) is 0 Å². The summed E-state index contributed by atoms with van der Waals surface area (Å²) in [6, 6.07) is 0. The molecule has 2 rings (SSSR count).